The summed E-state index contributed by atoms with van der Waals surface area (Å²) in [6, 6.07) is 0. The highest BCUT2D eigenvalue weighted by Gasteiger charge is 2.44. The lowest BCUT2D eigenvalue weighted by Gasteiger charge is -2.39. The summed E-state index contributed by atoms with van der Waals surface area (Å²) >= 11 is 0. The summed E-state index contributed by atoms with van der Waals surface area (Å²) < 4.78 is 22.2. The van der Waals surface area contributed by atoms with Crippen LogP contribution in [0.5, 0.6) is 0 Å². The molecule has 1 saturated heterocycles. The minimum absolute atomic E-state index is 0.219. The summed E-state index contributed by atoms with van der Waals surface area (Å²) in [7, 11) is 0. The highest BCUT2D eigenvalue weighted by Crippen LogP contribution is 2.23. The average Bonchev–Trinajstić information content (AvgIpc) is 3.29. The fourth-order valence-electron chi connectivity index (χ4n) is 8.33. The number of hydrogen-bond donors (Lipinski definition) is 4. The molecule has 1 aliphatic heterocycles. The Balaban J connectivity index is 2.25. The van der Waals surface area contributed by atoms with Crippen LogP contribution in [-0.4, -0.2) is 89.0 Å². The number of hydrogen-bond acceptors (Lipinski definition) is 10. The van der Waals surface area contributed by atoms with E-state index in [1.807, 2.05) is 0 Å². The van der Waals surface area contributed by atoms with Crippen molar-refractivity contribution in [2.45, 2.75) is 288 Å². The fraction of sp³-hybridized carbons (Fsp3) is 0.889. The van der Waals surface area contributed by atoms with Crippen LogP contribution < -0.4 is 0 Å². The van der Waals surface area contributed by atoms with Crippen LogP contribution in [0.2, 0.25) is 0 Å². The van der Waals surface area contributed by atoms with Gasteiger partial charge in [-0.3, -0.25) is 9.59 Å². The molecule has 376 valence electrons. The van der Waals surface area contributed by atoms with Gasteiger partial charge in [0.25, 0.3) is 0 Å². The van der Waals surface area contributed by atoms with Gasteiger partial charge >= 0.3 is 11.9 Å². The van der Waals surface area contributed by atoms with Crippen molar-refractivity contribution in [3.05, 3.63) is 24.3 Å². The second-order valence-corrected chi connectivity index (χ2v) is 18.7. The van der Waals surface area contributed by atoms with Crippen molar-refractivity contribution in [1.82, 2.24) is 0 Å². The van der Waals surface area contributed by atoms with Crippen LogP contribution >= 0.6 is 0 Å². The van der Waals surface area contributed by atoms with Crippen LogP contribution in [0.1, 0.15) is 251 Å². The smallest absolute Gasteiger partial charge is 0.306 e. The van der Waals surface area contributed by atoms with Crippen molar-refractivity contribution >= 4 is 11.9 Å². The number of rotatable bonds is 46. The molecule has 0 bridgehead atoms. The second kappa shape index (κ2) is 45.0. The minimum atomic E-state index is -1.60. The zero-order valence-electron chi connectivity index (χ0n) is 41.3. The van der Waals surface area contributed by atoms with E-state index in [9.17, 15) is 30.0 Å². The lowest BCUT2D eigenvalue weighted by Crippen LogP contribution is -2.59. The summed E-state index contributed by atoms with van der Waals surface area (Å²) in [5.41, 5.74) is 0. The van der Waals surface area contributed by atoms with Gasteiger partial charge in [-0.2, -0.15) is 0 Å². The van der Waals surface area contributed by atoms with Gasteiger partial charge in [0.05, 0.1) is 13.2 Å². The first-order valence-electron chi connectivity index (χ1n) is 26.9. The second-order valence-electron chi connectivity index (χ2n) is 18.7. The van der Waals surface area contributed by atoms with E-state index < -0.39 is 55.4 Å². The summed E-state index contributed by atoms with van der Waals surface area (Å²) in [6.45, 7) is 3.43. The van der Waals surface area contributed by atoms with E-state index in [2.05, 4.69) is 38.2 Å². The lowest BCUT2D eigenvalue weighted by atomic mass is 9.99. The summed E-state index contributed by atoms with van der Waals surface area (Å²) in [5.74, 6) is -0.842. The predicted molar refractivity (Wildman–Crippen MR) is 261 cm³/mol. The van der Waals surface area contributed by atoms with Gasteiger partial charge in [-0.25, -0.2) is 0 Å². The van der Waals surface area contributed by atoms with E-state index in [0.29, 0.717) is 12.8 Å². The Morgan fingerprint density at radius 2 is 0.859 bits per heavy atom. The van der Waals surface area contributed by atoms with Gasteiger partial charge in [0.1, 0.15) is 31.0 Å². The van der Waals surface area contributed by atoms with Gasteiger partial charge in [0.15, 0.2) is 12.4 Å². The number of carbonyl (C=O) groups is 2. The van der Waals surface area contributed by atoms with Gasteiger partial charge in [-0.1, -0.05) is 218 Å². The standard InChI is InChI=1S/C54H100O10/c1-3-5-7-9-11-13-15-17-19-21-22-23-24-25-26-27-29-30-32-34-36-38-40-42-49(56)61-45-47(46-62-54-53(60)52(59)51(58)48(44-55)64-54)63-50(57)43-41-39-37-35-33-31-28-20-18-16-14-12-10-8-6-4-2/h27,29,34,36,47-48,51-55,58-60H,3-26,28,30-33,35,37-46H2,1-2H3/b29-27+,36-34+/t47-,48-,51+,52?,53?,54-/m0/s1. The van der Waals surface area contributed by atoms with E-state index in [1.165, 1.54) is 167 Å². The lowest BCUT2D eigenvalue weighted by molar-refractivity contribution is -0.305. The molecule has 0 aromatic rings. The quantitative estimate of drug-likeness (QED) is 0.0264. The molecule has 0 amide bonds. The third-order valence-electron chi connectivity index (χ3n) is 12.6. The van der Waals surface area contributed by atoms with Crippen LogP contribution in [-0.2, 0) is 28.5 Å². The van der Waals surface area contributed by atoms with Crippen LogP contribution in [0, 0.1) is 0 Å². The molecule has 2 unspecified atom stereocenters. The maximum atomic E-state index is 12.8. The molecule has 0 saturated carbocycles. The van der Waals surface area contributed by atoms with Crippen LogP contribution in [0.3, 0.4) is 0 Å². The number of allylic oxidation sites excluding steroid dienone is 4. The number of esters is 2. The number of ether oxygens (including phenoxy) is 4. The van der Waals surface area contributed by atoms with Crippen LogP contribution in [0.25, 0.3) is 0 Å². The van der Waals surface area contributed by atoms with Crippen molar-refractivity contribution < 1.29 is 49.0 Å². The van der Waals surface area contributed by atoms with Gasteiger partial charge in [-0.15, -0.1) is 0 Å². The zero-order valence-corrected chi connectivity index (χ0v) is 41.3. The molecule has 4 N–H and O–H groups in total. The highest BCUT2D eigenvalue weighted by atomic mass is 16.7. The molecule has 1 rings (SSSR count). The molecule has 10 heteroatoms. The molecule has 0 aromatic carbocycles. The SMILES string of the molecule is CCCCCCCCCCCCCCCC/C=C/CC/C=C/CCCC(=O)OC[C@@H](CO[C@H]1O[C@@H](CO)[C@@H](O)C(O)C1O)OC(=O)CCCCCCCCCCCCCCCCCC. The van der Waals surface area contributed by atoms with Gasteiger partial charge in [0, 0.05) is 12.8 Å². The molecule has 0 radical (unpaired) electrons. The normalized spacial score (nSPS) is 19.5. The van der Waals surface area contributed by atoms with E-state index in [4.69, 9.17) is 18.9 Å². The number of carbonyl (C=O) groups excluding carboxylic acids is 2. The molecule has 0 aromatic heterocycles. The molecule has 64 heavy (non-hydrogen) atoms. The van der Waals surface area contributed by atoms with Gasteiger partial charge in [-0.05, 0) is 44.9 Å². The Labute approximate surface area is 392 Å². The molecule has 1 heterocycles. The van der Waals surface area contributed by atoms with Gasteiger partial charge in [0.2, 0.25) is 0 Å². The van der Waals surface area contributed by atoms with Crippen molar-refractivity contribution in [2.75, 3.05) is 19.8 Å². The average molecular weight is 909 g/mol. The maximum Gasteiger partial charge on any atom is 0.306 e. The van der Waals surface area contributed by atoms with Crippen molar-refractivity contribution in [1.29, 1.82) is 0 Å². The van der Waals surface area contributed by atoms with Gasteiger partial charge < -0.3 is 39.4 Å². The van der Waals surface area contributed by atoms with E-state index in [-0.39, 0.29) is 26.1 Å². The van der Waals surface area contributed by atoms with E-state index in [0.717, 1.165) is 44.9 Å². The monoisotopic (exact) mass is 909 g/mol. The molecular weight excluding hydrogens is 809 g/mol. The predicted octanol–water partition coefficient (Wildman–Crippen LogP) is 12.8. The highest BCUT2D eigenvalue weighted by molar-refractivity contribution is 5.70. The van der Waals surface area contributed by atoms with E-state index >= 15 is 0 Å². The Morgan fingerprint density at radius 3 is 1.31 bits per heavy atom. The Kier molecular flexibility index (Phi) is 42.3. The first-order valence-corrected chi connectivity index (χ1v) is 26.9. The third kappa shape index (κ3) is 35.4. The summed E-state index contributed by atoms with van der Waals surface area (Å²) in [5, 5.41) is 40.2. The first-order chi connectivity index (χ1) is 31.3. The van der Waals surface area contributed by atoms with Crippen molar-refractivity contribution in [3.63, 3.8) is 0 Å². The number of unbranched alkanes of at least 4 members (excludes halogenated alkanes) is 31. The minimum Gasteiger partial charge on any atom is -0.462 e. The first kappa shape index (κ1) is 60.2. The summed E-state index contributed by atoms with van der Waals surface area (Å²) in [6.07, 6.45) is 44.9. The Morgan fingerprint density at radius 1 is 0.469 bits per heavy atom. The zero-order chi connectivity index (χ0) is 46.6. The molecule has 0 aliphatic carbocycles. The third-order valence-corrected chi connectivity index (χ3v) is 12.6. The molecule has 1 fully saturated rings. The van der Waals surface area contributed by atoms with Crippen molar-refractivity contribution in [2.24, 2.45) is 0 Å². The van der Waals surface area contributed by atoms with Crippen LogP contribution in [0.4, 0.5) is 0 Å². The maximum absolute atomic E-state index is 12.8. The molecule has 0 spiro atoms. The fourth-order valence-corrected chi connectivity index (χ4v) is 8.33. The van der Waals surface area contributed by atoms with Crippen LogP contribution in [0.15, 0.2) is 24.3 Å². The topological polar surface area (TPSA) is 152 Å². The van der Waals surface area contributed by atoms with Crippen molar-refractivity contribution in [3.8, 4) is 0 Å². The largest absolute Gasteiger partial charge is 0.462 e. The molecular formula is C54H100O10. The number of aliphatic hydroxyl groups is 4. The summed E-state index contributed by atoms with van der Waals surface area (Å²) in [4.78, 5) is 25.4. The molecule has 1 aliphatic rings. The number of aliphatic hydroxyl groups excluding tert-OH is 4. The Hall–Kier alpha value is -1.82. The molecule has 6 atom stereocenters. The molecule has 10 nitrogen and oxygen atoms in total. The van der Waals surface area contributed by atoms with E-state index in [1.54, 1.807) is 0 Å². The Bertz CT molecular complexity index is 1100.